The van der Waals surface area contributed by atoms with Crippen LogP contribution in [0.15, 0.2) is 0 Å². The maximum Gasteiger partial charge on any atom is 0.0102 e. The first kappa shape index (κ1) is 9.85. The molecule has 0 saturated heterocycles. The van der Waals surface area contributed by atoms with Crippen molar-refractivity contribution < 1.29 is 0 Å². The summed E-state index contributed by atoms with van der Waals surface area (Å²) in [6, 6.07) is 0.479. The van der Waals surface area contributed by atoms with E-state index >= 15 is 0 Å². The summed E-state index contributed by atoms with van der Waals surface area (Å²) in [5.41, 5.74) is 6.68. The number of thiol groups is 1. The Bertz CT molecular complexity index is 191. The van der Waals surface area contributed by atoms with E-state index in [1.165, 1.54) is 38.5 Å². The average Bonchev–Trinajstić information content (AvgIpc) is 2.11. The molecule has 2 aliphatic carbocycles. The van der Waals surface area contributed by atoms with Gasteiger partial charge in [-0.25, -0.2) is 0 Å². The summed E-state index contributed by atoms with van der Waals surface area (Å²) in [5.74, 6) is 0.833. The lowest BCUT2D eigenvalue weighted by molar-refractivity contribution is -0.0423. The van der Waals surface area contributed by atoms with Crippen LogP contribution in [0.1, 0.15) is 45.4 Å². The normalized spacial score (nSPS) is 49.6. The Hall–Kier alpha value is 0.310. The van der Waals surface area contributed by atoms with Crippen molar-refractivity contribution in [1.29, 1.82) is 0 Å². The van der Waals surface area contributed by atoms with Crippen LogP contribution >= 0.6 is 12.6 Å². The first-order chi connectivity index (χ1) is 6.20. The summed E-state index contributed by atoms with van der Waals surface area (Å²) < 4.78 is 0. The molecule has 0 aromatic carbocycles. The van der Waals surface area contributed by atoms with Gasteiger partial charge in [-0.2, -0.15) is 12.6 Å². The summed E-state index contributed by atoms with van der Waals surface area (Å²) in [6.07, 6.45) is 7.86. The fourth-order valence-electron chi connectivity index (χ4n) is 3.57. The van der Waals surface area contributed by atoms with Crippen LogP contribution in [0.2, 0.25) is 0 Å². The largest absolute Gasteiger partial charge is 0.327 e. The molecule has 0 aromatic rings. The molecule has 2 N–H and O–H groups in total. The predicted octanol–water partition coefficient (Wildman–Crippen LogP) is 2.60. The van der Waals surface area contributed by atoms with Gasteiger partial charge < -0.3 is 5.73 Å². The lowest BCUT2D eigenvalue weighted by Crippen LogP contribution is -2.62. The van der Waals surface area contributed by atoms with Gasteiger partial charge in [0, 0.05) is 11.3 Å². The van der Waals surface area contributed by atoms with E-state index < -0.39 is 0 Å². The highest BCUT2D eigenvalue weighted by atomic mass is 32.1. The zero-order chi connectivity index (χ0) is 9.47. The van der Waals surface area contributed by atoms with Crippen LogP contribution in [0.25, 0.3) is 0 Å². The molecule has 0 radical (unpaired) electrons. The van der Waals surface area contributed by atoms with Gasteiger partial charge in [0.2, 0.25) is 0 Å². The summed E-state index contributed by atoms with van der Waals surface area (Å²) >= 11 is 4.70. The van der Waals surface area contributed by atoms with Gasteiger partial charge in [-0.15, -0.1) is 0 Å². The van der Waals surface area contributed by atoms with Gasteiger partial charge in [0.15, 0.2) is 0 Å². The van der Waals surface area contributed by atoms with Gasteiger partial charge in [0.1, 0.15) is 0 Å². The van der Waals surface area contributed by atoms with Crippen molar-refractivity contribution in [2.75, 3.05) is 0 Å². The Morgan fingerprint density at radius 1 is 1.54 bits per heavy atom. The SMILES string of the molecule is CCCC12CCCC(S)C1CC2N. The minimum atomic E-state index is 0.479. The highest BCUT2D eigenvalue weighted by molar-refractivity contribution is 7.81. The highest BCUT2D eigenvalue weighted by Gasteiger charge is 2.55. The van der Waals surface area contributed by atoms with Crippen LogP contribution in [-0.4, -0.2) is 11.3 Å². The third-order valence-corrected chi connectivity index (χ3v) is 4.92. The molecule has 0 aliphatic heterocycles. The van der Waals surface area contributed by atoms with E-state index in [0.717, 1.165) is 5.92 Å². The standard InChI is InChI=1S/C11H21NS/c1-2-5-11-6-3-4-9(13)8(11)7-10(11)12/h8-10,13H,2-7,12H2,1H3. The van der Waals surface area contributed by atoms with E-state index in [0.29, 0.717) is 16.7 Å². The third kappa shape index (κ3) is 1.33. The van der Waals surface area contributed by atoms with E-state index in [2.05, 4.69) is 6.92 Å². The highest BCUT2D eigenvalue weighted by Crippen LogP contribution is 2.58. The van der Waals surface area contributed by atoms with Gasteiger partial charge >= 0.3 is 0 Å². The van der Waals surface area contributed by atoms with Crippen LogP contribution in [0, 0.1) is 11.3 Å². The number of hydrogen-bond acceptors (Lipinski definition) is 2. The average molecular weight is 199 g/mol. The van der Waals surface area contributed by atoms with Crippen LogP contribution in [0.3, 0.4) is 0 Å². The maximum atomic E-state index is 6.18. The quantitative estimate of drug-likeness (QED) is 0.657. The Labute approximate surface area is 86.9 Å². The third-order valence-electron chi connectivity index (χ3n) is 4.31. The van der Waals surface area contributed by atoms with Gasteiger partial charge in [-0.1, -0.05) is 19.8 Å². The minimum Gasteiger partial charge on any atom is -0.327 e. The number of hydrogen-bond donors (Lipinski definition) is 2. The second kappa shape index (κ2) is 3.47. The van der Waals surface area contributed by atoms with E-state index in [-0.39, 0.29) is 0 Å². The molecule has 0 aromatic heterocycles. The molecule has 0 amide bonds. The number of nitrogens with two attached hydrogens (primary N) is 1. The van der Waals surface area contributed by atoms with Crippen molar-refractivity contribution in [3.63, 3.8) is 0 Å². The van der Waals surface area contributed by atoms with Crippen LogP contribution < -0.4 is 5.73 Å². The molecule has 4 atom stereocenters. The first-order valence-electron chi connectivity index (χ1n) is 5.64. The molecule has 2 aliphatic rings. The fraction of sp³-hybridized carbons (Fsp3) is 1.00. The Kier molecular flexibility index (Phi) is 2.63. The van der Waals surface area contributed by atoms with Crippen LogP contribution in [-0.2, 0) is 0 Å². The molecule has 2 rings (SSSR count). The van der Waals surface area contributed by atoms with Gasteiger partial charge in [0.25, 0.3) is 0 Å². The van der Waals surface area contributed by atoms with E-state index in [1.54, 1.807) is 0 Å². The van der Waals surface area contributed by atoms with Gasteiger partial charge in [-0.3, -0.25) is 0 Å². The summed E-state index contributed by atoms with van der Waals surface area (Å²) in [6.45, 7) is 2.28. The molecular weight excluding hydrogens is 178 g/mol. The summed E-state index contributed by atoms with van der Waals surface area (Å²) in [4.78, 5) is 0. The molecule has 2 saturated carbocycles. The zero-order valence-corrected chi connectivity index (χ0v) is 9.39. The van der Waals surface area contributed by atoms with E-state index in [1.807, 2.05) is 0 Å². The summed E-state index contributed by atoms with van der Waals surface area (Å²) in [7, 11) is 0. The molecule has 0 spiro atoms. The predicted molar refractivity (Wildman–Crippen MR) is 60.0 cm³/mol. The van der Waals surface area contributed by atoms with Gasteiger partial charge in [0.05, 0.1) is 0 Å². The van der Waals surface area contributed by atoms with Crippen molar-refractivity contribution in [3.8, 4) is 0 Å². The Morgan fingerprint density at radius 3 is 2.92 bits per heavy atom. The monoisotopic (exact) mass is 199 g/mol. The molecule has 2 fully saturated rings. The van der Waals surface area contributed by atoms with Crippen molar-refractivity contribution >= 4 is 12.6 Å². The van der Waals surface area contributed by atoms with Crippen LogP contribution in [0.4, 0.5) is 0 Å². The topological polar surface area (TPSA) is 26.0 Å². The lowest BCUT2D eigenvalue weighted by Gasteiger charge is -2.60. The molecule has 0 bridgehead atoms. The molecular formula is C11H21NS. The van der Waals surface area contributed by atoms with E-state index in [4.69, 9.17) is 18.4 Å². The van der Waals surface area contributed by atoms with Crippen molar-refractivity contribution in [2.45, 2.75) is 56.7 Å². The summed E-state index contributed by atoms with van der Waals surface area (Å²) in [5, 5.41) is 0.639. The molecule has 4 unspecified atom stereocenters. The molecule has 1 nitrogen and oxygen atoms in total. The fourth-order valence-corrected chi connectivity index (χ4v) is 4.17. The zero-order valence-electron chi connectivity index (χ0n) is 8.50. The van der Waals surface area contributed by atoms with Crippen molar-refractivity contribution in [1.82, 2.24) is 0 Å². The molecule has 2 heteroatoms. The molecule has 76 valence electrons. The van der Waals surface area contributed by atoms with Crippen molar-refractivity contribution in [3.05, 3.63) is 0 Å². The molecule has 13 heavy (non-hydrogen) atoms. The second-order valence-corrected chi connectivity index (χ2v) is 5.55. The molecule has 0 heterocycles. The maximum absolute atomic E-state index is 6.18. The Morgan fingerprint density at radius 2 is 2.31 bits per heavy atom. The van der Waals surface area contributed by atoms with E-state index in [9.17, 15) is 0 Å². The number of rotatable bonds is 2. The second-order valence-electron chi connectivity index (χ2n) is 4.89. The smallest absolute Gasteiger partial charge is 0.0102 e. The minimum absolute atomic E-state index is 0.479. The van der Waals surface area contributed by atoms with Crippen molar-refractivity contribution in [2.24, 2.45) is 17.1 Å². The van der Waals surface area contributed by atoms with Crippen LogP contribution in [0.5, 0.6) is 0 Å². The lowest BCUT2D eigenvalue weighted by atomic mass is 9.49. The first-order valence-corrected chi connectivity index (χ1v) is 6.16. The Balaban J connectivity index is 2.11. The number of fused-ring (bicyclic) bond motifs is 1. The van der Waals surface area contributed by atoms with Gasteiger partial charge in [-0.05, 0) is 37.0 Å².